The van der Waals surface area contributed by atoms with Gasteiger partial charge in [0.05, 0.1) is 11.6 Å². The minimum Gasteiger partial charge on any atom is -0.453 e. The van der Waals surface area contributed by atoms with Crippen molar-refractivity contribution in [2.24, 2.45) is 0 Å². The number of fused-ring (bicyclic) bond motifs is 1. The number of furan rings is 1. The monoisotopic (exact) mass is 576 g/mol. The summed E-state index contributed by atoms with van der Waals surface area (Å²) in [5.41, 5.74) is 1.58. The van der Waals surface area contributed by atoms with Crippen LogP contribution in [0.1, 0.15) is 37.1 Å². The lowest BCUT2D eigenvalue weighted by Crippen LogP contribution is -2.36. The highest BCUT2D eigenvalue weighted by atomic mass is 32.2. The van der Waals surface area contributed by atoms with E-state index in [4.69, 9.17) is 14.1 Å². The Morgan fingerprint density at radius 3 is 2.77 bits per heavy atom. The fourth-order valence-electron chi connectivity index (χ4n) is 4.58. The number of hydrogen-bond donors (Lipinski definition) is 1. The Hall–Kier alpha value is -4.03. The molecular weight excluding hydrogens is 551 g/mol. The zero-order valence-corrected chi connectivity index (χ0v) is 23.4. The molecule has 1 saturated heterocycles. The van der Waals surface area contributed by atoms with Gasteiger partial charge in [-0.15, -0.1) is 0 Å². The van der Waals surface area contributed by atoms with Gasteiger partial charge >= 0.3 is 0 Å². The van der Waals surface area contributed by atoms with Crippen LogP contribution in [-0.2, 0) is 4.79 Å². The van der Waals surface area contributed by atoms with Gasteiger partial charge in [-0.25, -0.2) is 19.3 Å². The predicted octanol–water partition coefficient (Wildman–Crippen LogP) is 6.93. The summed E-state index contributed by atoms with van der Waals surface area (Å²) in [6.45, 7) is 5.00. The number of hydrogen-bond acceptors (Lipinski definition) is 10. The molecule has 0 aliphatic carbocycles. The SMILES string of the molecule is CC(=O)N1CCC(c2nsc(Nc3ncc(Sc4ccnc5occ(C)c45)cc3Oc3ccc(F)cc3)n2)CC1. The maximum Gasteiger partial charge on any atom is 0.227 e. The fraction of sp³-hybridized carbons (Fsp3) is 0.250. The van der Waals surface area contributed by atoms with Crippen molar-refractivity contribution in [3.05, 3.63) is 72.3 Å². The molecule has 1 fully saturated rings. The topological polar surface area (TPSA) is 106 Å². The normalized spacial score (nSPS) is 14.0. The van der Waals surface area contributed by atoms with Gasteiger partial charge in [0.1, 0.15) is 17.4 Å². The number of nitrogens with zero attached hydrogens (tertiary/aromatic N) is 5. The predicted molar refractivity (Wildman–Crippen MR) is 151 cm³/mol. The average molecular weight is 577 g/mol. The standard InChI is InChI=1S/C28H25FN6O3S2/c1-16-15-37-27-24(16)23(7-10-30-27)39-21-13-22(38-20-5-3-19(29)4-6-20)26(31-14-21)33-28-32-25(34-40-28)18-8-11-35(12-9-18)17(2)36/h3-7,10,13-15,18H,8-9,11-12H2,1-2H3,(H,31,32,33,34). The van der Waals surface area contributed by atoms with E-state index >= 15 is 0 Å². The summed E-state index contributed by atoms with van der Waals surface area (Å²) in [6, 6.07) is 9.64. The van der Waals surface area contributed by atoms with Gasteiger partial charge in [-0.1, -0.05) is 11.8 Å². The number of carbonyl (C=O) groups excluding carboxylic acids is 1. The van der Waals surface area contributed by atoms with Crippen molar-refractivity contribution in [3.8, 4) is 11.5 Å². The van der Waals surface area contributed by atoms with Crippen molar-refractivity contribution >= 4 is 51.3 Å². The van der Waals surface area contributed by atoms with E-state index in [2.05, 4.69) is 19.7 Å². The summed E-state index contributed by atoms with van der Waals surface area (Å²) in [5.74, 6) is 2.11. The molecule has 5 aromatic rings. The molecule has 0 atom stereocenters. The maximum atomic E-state index is 13.5. The summed E-state index contributed by atoms with van der Waals surface area (Å²) in [7, 11) is 0. The highest BCUT2D eigenvalue weighted by molar-refractivity contribution is 7.99. The zero-order valence-electron chi connectivity index (χ0n) is 21.8. The maximum absolute atomic E-state index is 13.5. The van der Waals surface area contributed by atoms with E-state index < -0.39 is 0 Å². The number of halogens is 1. The summed E-state index contributed by atoms with van der Waals surface area (Å²) in [5, 5.41) is 4.79. The smallest absolute Gasteiger partial charge is 0.227 e. The number of amides is 1. The number of benzene rings is 1. The number of likely N-dealkylation sites (tertiary alicyclic amines) is 1. The van der Waals surface area contributed by atoms with E-state index in [0.717, 1.165) is 39.4 Å². The van der Waals surface area contributed by atoms with Gasteiger partial charge in [0, 0.05) is 65.7 Å². The number of piperidine rings is 1. The highest BCUT2D eigenvalue weighted by Gasteiger charge is 2.25. The molecule has 1 aromatic carbocycles. The van der Waals surface area contributed by atoms with E-state index in [-0.39, 0.29) is 17.6 Å². The van der Waals surface area contributed by atoms with Crippen LogP contribution in [0.4, 0.5) is 15.3 Å². The molecular formula is C28H25FN6O3S2. The van der Waals surface area contributed by atoms with Crippen LogP contribution in [0.3, 0.4) is 0 Å². The second kappa shape index (κ2) is 11.2. The Bertz CT molecular complexity index is 1660. The first-order valence-corrected chi connectivity index (χ1v) is 14.3. The van der Waals surface area contributed by atoms with Crippen LogP contribution in [0.5, 0.6) is 11.5 Å². The van der Waals surface area contributed by atoms with Gasteiger partial charge in [0.15, 0.2) is 11.6 Å². The first-order valence-electron chi connectivity index (χ1n) is 12.7. The second-order valence-corrected chi connectivity index (χ2v) is 11.3. The number of ether oxygens (including phenoxy) is 1. The molecule has 12 heteroatoms. The molecule has 1 aliphatic rings. The Morgan fingerprint density at radius 2 is 2.00 bits per heavy atom. The van der Waals surface area contributed by atoms with Crippen molar-refractivity contribution in [3.63, 3.8) is 0 Å². The molecule has 204 valence electrons. The van der Waals surface area contributed by atoms with Crippen molar-refractivity contribution in [2.75, 3.05) is 18.4 Å². The molecule has 0 saturated carbocycles. The number of aryl methyl sites for hydroxylation is 1. The lowest BCUT2D eigenvalue weighted by molar-refractivity contribution is -0.129. The van der Waals surface area contributed by atoms with Gasteiger partial charge < -0.3 is 19.4 Å². The zero-order chi connectivity index (χ0) is 27.6. The first-order chi connectivity index (χ1) is 19.4. The van der Waals surface area contributed by atoms with Gasteiger partial charge in [-0.2, -0.15) is 4.37 Å². The molecule has 0 radical (unpaired) electrons. The third-order valence-corrected chi connectivity index (χ3v) is 8.35. The van der Waals surface area contributed by atoms with Crippen molar-refractivity contribution < 1.29 is 18.3 Å². The van der Waals surface area contributed by atoms with Gasteiger partial charge in [0.2, 0.25) is 16.8 Å². The Balaban J connectivity index is 1.26. The van der Waals surface area contributed by atoms with Crippen LogP contribution in [0.2, 0.25) is 0 Å². The Morgan fingerprint density at radius 1 is 1.20 bits per heavy atom. The molecule has 0 bridgehead atoms. The van der Waals surface area contributed by atoms with Crippen molar-refractivity contribution in [1.82, 2.24) is 24.2 Å². The van der Waals surface area contributed by atoms with Crippen LogP contribution < -0.4 is 10.1 Å². The number of rotatable bonds is 7. The molecule has 4 aromatic heterocycles. The quantitative estimate of drug-likeness (QED) is 0.221. The van der Waals surface area contributed by atoms with Crippen LogP contribution >= 0.6 is 23.3 Å². The van der Waals surface area contributed by atoms with Crippen molar-refractivity contribution in [2.45, 2.75) is 42.4 Å². The fourth-order valence-corrected chi connectivity index (χ4v) is 6.23. The molecule has 40 heavy (non-hydrogen) atoms. The van der Waals surface area contributed by atoms with Gasteiger partial charge in [-0.05, 0) is 55.7 Å². The van der Waals surface area contributed by atoms with E-state index in [0.29, 0.717) is 41.3 Å². The molecule has 6 rings (SSSR count). The lowest BCUT2D eigenvalue weighted by Gasteiger charge is -2.29. The van der Waals surface area contributed by atoms with E-state index in [1.54, 1.807) is 37.7 Å². The van der Waals surface area contributed by atoms with Crippen LogP contribution in [0, 0.1) is 12.7 Å². The van der Waals surface area contributed by atoms with E-state index in [9.17, 15) is 9.18 Å². The minimum absolute atomic E-state index is 0.0988. The first kappa shape index (κ1) is 26.2. The molecule has 1 N–H and O–H groups in total. The largest absolute Gasteiger partial charge is 0.453 e. The molecule has 0 spiro atoms. The summed E-state index contributed by atoms with van der Waals surface area (Å²) in [6.07, 6.45) is 6.82. The molecule has 0 unspecified atom stereocenters. The third kappa shape index (κ3) is 5.63. The summed E-state index contributed by atoms with van der Waals surface area (Å²) < 4.78 is 29.8. The number of anilines is 2. The average Bonchev–Trinajstić information content (AvgIpc) is 3.59. The van der Waals surface area contributed by atoms with Gasteiger partial charge in [-0.3, -0.25) is 4.79 Å². The highest BCUT2D eigenvalue weighted by Crippen LogP contribution is 2.39. The number of carbonyl (C=O) groups is 1. The Kier molecular flexibility index (Phi) is 7.35. The Labute approximate surface area is 238 Å². The lowest BCUT2D eigenvalue weighted by atomic mass is 9.96. The summed E-state index contributed by atoms with van der Waals surface area (Å²) >= 11 is 2.77. The molecule has 9 nitrogen and oxygen atoms in total. The third-order valence-electron chi connectivity index (χ3n) is 6.69. The number of nitrogens with one attached hydrogen (secondary N) is 1. The summed E-state index contributed by atoms with van der Waals surface area (Å²) in [4.78, 5) is 29.0. The molecule has 5 heterocycles. The number of aromatic nitrogens is 4. The van der Waals surface area contributed by atoms with Crippen LogP contribution in [-0.4, -0.2) is 43.2 Å². The molecule has 1 amide bonds. The second-order valence-electron chi connectivity index (χ2n) is 9.45. The van der Waals surface area contributed by atoms with Gasteiger partial charge in [0.25, 0.3) is 0 Å². The van der Waals surface area contributed by atoms with Crippen molar-refractivity contribution in [1.29, 1.82) is 0 Å². The van der Waals surface area contributed by atoms with E-state index in [1.807, 2.05) is 24.0 Å². The van der Waals surface area contributed by atoms with Crippen LogP contribution in [0.15, 0.2) is 69.3 Å². The molecule has 1 aliphatic heterocycles. The van der Waals surface area contributed by atoms with E-state index in [1.165, 1.54) is 35.4 Å². The minimum atomic E-state index is -0.346. The number of pyridine rings is 2. The van der Waals surface area contributed by atoms with Crippen LogP contribution in [0.25, 0.3) is 11.1 Å².